The fourth-order valence-electron chi connectivity index (χ4n) is 3.47. The molecule has 3 aromatic rings. The van der Waals surface area contributed by atoms with E-state index >= 15 is 0 Å². The van der Waals surface area contributed by atoms with Gasteiger partial charge in [0.15, 0.2) is 21.4 Å². The Morgan fingerprint density at radius 1 is 1.33 bits per heavy atom. The Hall–Kier alpha value is -2.26. The van der Waals surface area contributed by atoms with Gasteiger partial charge in [-0.2, -0.15) is 0 Å². The number of carbonyl (C=O) groups is 1. The normalized spacial score (nSPS) is 18.9. The standard InChI is InChI=1S/C18H19N3O4S2/c1-10-14-11(2)19-16(13-5-4-7-25-13)20-17(14)26-15(10)18(22)21(3)12-6-8-27(23,24)9-12/h4-5,7,12H,6,8-9H2,1-3H3/t12-/m1/s1. The van der Waals surface area contributed by atoms with Crippen LogP contribution in [0.3, 0.4) is 0 Å². The predicted octanol–water partition coefficient (Wildman–Crippen LogP) is 2.83. The number of aryl methyl sites for hydroxylation is 2. The van der Waals surface area contributed by atoms with Gasteiger partial charge in [-0.25, -0.2) is 18.4 Å². The zero-order valence-corrected chi connectivity index (χ0v) is 16.9. The molecule has 0 aliphatic carbocycles. The Morgan fingerprint density at radius 2 is 2.11 bits per heavy atom. The summed E-state index contributed by atoms with van der Waals surface area (Å²) < 4.78 is 28.9. The summed E-state index contributed by atoms with van der Waals surface area (Å²) in [6.07, 6.45) is 2.05. The van der Waals surface area contributed by atoms with Crippen molar-refractivity contribution in [1.29, 1.82) is 0 Å². The maximum Gasteiger partial charge on any atom is 0.264 e. The maximum absolute atomic E-state index is 13.0. The number of rotatable bonds is 3. The van der Waals surface area contributed by atoms with Crippen molar-refractivity contribution in [3.63, 3.8) is 0 Å². The van der Waals surface area contributed by atoms with Crippen LogP contribution in [-0.2, 0) is 9.84 Å². The molecule has 7 nitrogen and oxygen atoms in total. The molecule has 1 fully saturated rings. The third-order valence-corrected chi connectivity index (χ3v) is 7.91. The van der Waals surface area contributed by atoms with Gasteiger partial charge in [-0.05, 0) is 38.0 Å². The molecular formula is C18H19N3O4S2. The summed E-state index contributed by atoms with van der Waals surface area (Å²) in [6.45, 7) is 3.77. The van der Waals surface area contributed by atoms with Gasteiger partial charge in [0.25, 0.3) is 5.91 Å². The molecule has 0 unspecified atom stereocenters. The number of hydrogen-bond acceptors (Lipinski definition) is 7. The fourth-order valence-corrected chi connectivity index (χ4v) is 6.45. The molecule has 0 aromatic carbocycles. The zero-order valence-electron chi connectivity index (χ0n) is 15.2. The fraction of sp³-hybridized carbons (Fsp3) is 0.389. The van der Waals surface area contributed by atoms with Gasteiger partial charge >= 0.3 is 0 Å². The van der Waals surface area contributed by atoms with Crippen molar-refractivity contribution in [3.8, 4) is 11.6 Å². The van der Waals surface area contributed by atoms with Crippen LogP contribution < -0.4 is 0 Å². The summed E-state index contributed by atoms with van der Waals surface area (Å²) >= 11 is 1.31. The number of furan rings is 1. The monoisotopic (exact) mass is 405 g/mol. The van der Waals surface area contributed by atoms with Crippen molar-refractivity contribution >= 4 is 37.3 Å². The largest absolute Gasteiger partial charge is 0.461 e. The van der Waals surface area contributed by atoms with E-state index in [-0.39, 0.29) is 23.5 Å². The first kappa shape index (κ1) is 18.1. The molecule has 0 radical (unpaired) electrons. The molecule has 4 rings (SSSR count). The highest BCUT2D eigenvalue weighted by Gasteiger charge is 2.34. The lowest BCUT2D eigenvalue weighted by atomic mass is 10.1. The summed E-state index contributed by atoms with van der Waals surface area (Å²) in [5.74, 6) is 1.06. The van der Waals surface area contributed by atoms with Gasteiger partial charge in [-0.15, -0.1) is 11.3 Å². The van der Waals surface area contributed by atoms with Crippen molar-refractivity contribution in [3.05, 3.63) is 34.5 Å². The molecule has 1 amide bonds. The van der Waals surface area contributed by atoms with Crippen LogP contribution in [0.2, 0.25) is 0 Å². The number of nitrogens with zero attached hydrogens (tertiary/aromatic N) is 3. The van der Waals surface area contributed by atoms with Gasteiger partial charge in [-0.1, -0.05) is 0 Å². The Morgan fingerprint density at radius 3 is 2.74 bits per heavy atom. The van der Waals surface area contributed by atoms with Gasteiger partial charge in [0, 0.05) is 18.5 Å². The molecule has 3 aromatic heterocycles. The van der Waals surface area contributed by atoms with Crippen LogP contribution in [0.4, 0.5) is 0 Å². The number of fused-ring (bicyclic) bond motifs is 1. The second kappa shape index (κ2) is 6.42. The van der Waals surface area contributed by atoms with Gasteiger partial charge in [0.2, 0.25) is 0 Å². The van der Waals surface area contributed by atoms with Crippen molar-refractivity contribution in [1.82, 2.24) is 14.9 Å². The summed E-state index contributed by atoms with van der Waals surface area (Å²) in [5, 5.41) is 0.867. The number of amides is 1. The minimum absolute atomic E-state index is 0.0284. The molecule has 9 heteroatoms. The highest BCUT2D eigenvalue weighted by atomic mass is 32.2. The summed E-state index contributed by atoms with van der Waals surface area (Å²) in [4.78, 5) is 25.0. The molecule has 1 aliphatic heterocycles. The Kier molecular flexibility index (Phi) is 4.31. The van der Waals surface area contributed by atoms with Crippen LogP contribution in [0.5, 0.6) is 0 Å². The molecule has 0 saturated carbocycles. The van der Waals surface area contributed by atoms with Crippen molar-refractivity contribution in [2.75, 3.05) is 18.6 Å². The van der Waals surface area contributed by atoms with Crippen LogP contribution in [-0.4, -0.2) is 53.8 Å². The number of hydrogen-bond donors (Lipinski definition) is 0. The average Bonchev–Trinajstić information content (AvgIpc) is 3.33. The lowest BCUT2D eigenvalue weighted by Crippen LogP contribution is -2.37. The molecule has 4 heterocycles. The van der Waals surface area contributed by atoms with E-state index in [0.717, 1.165) is 21.5 Å². The second-order valence-electron chi connectivity index (χ2n) is 6.82. The smallest absolute Gasteiger partial charge is 0.264 e. The van der Waals surface area contributed by atoms with E-state index in [1.54, 1.807) is 30.3 Å². The molecule has 0 spiro atoms. The van der Waals surface area contributed by atoms with E-state index in [9.17, 15) is 13.2 Å². The van der Waals surface area contributed by atoms with Crippen molar-refractivity contribution < 1.29 is 17.6 Å². The van der Waals surface area contributed by atoms with E-state index < -0.39 is 9.84 Å². The molecule has 1 saturated heterocycles. The van der Waals surface area contributed by atoms with E-state index in [2.05, 4.69) is 9.97 Å². The summed E-state index contributed by atoms with van der Waals surface area (Å²) in [5.41, 5.74) is 1.61. The summed E-state index contributed by atoms with van der Waals surface area (Å²) in [7, 11) is -1.38. The van der Waals surface area contributed by atoms with Crippen LogP contribution in [0.15, 0.2) is 22.8 Å². The van der Waals surface area contributed by atoms with Gasteiger partial charge in [-0.3, -0.25) is 4.79 Å². The lowest BCUT2D eigenvalue weighted by Gasteiger charge is -2.23. The highest BCUT2D eigenvalue weighted by Crippen LogP contribution is 2.34. The minimum Gasteiger partial charge on any atom is -0.461 e. The first-order valence-corrected chi connectivity index (χ1v) is 11.2. The summed E-state index contributed by atoms with van der Waals surface area (Å²) in [6, 6.07) is 3.29. The Balaban J connectivity index is 1.73. The maximum atomic E-state index is 13.0. The number of sulfone groups is 1. The molecule has 1 aliphatic rings. The third kappa shape index (κ3) is 3.14. The molecule has 0 N–H and O–H groups in total. The van der Waals surface area contributed by atoms with E-state index in [4.69, 9.17) is 4.42 Å². The van der Waals surface area contributed by atoms with Gasteiger partial charge < -0.3 is 9.32 Å². The number of aromatic nitrogens is 2. The SMILES string of the molecule is Cc1nc(-c2ccco2)nc2sc(C(=O)N(C)[C@@H]3CCS(=O)(=O)C3)c(C)c12. The Bertz CT molecular complexity index is 1130. The quantitative estimate of drug-likeness (QED) is 0.665. The molecular weight excluding hydrogens is 386 g/mol. The van der Waals surface area contributed by atoms with E-state index in [1.807, 2.05) is 13.8 Å². The minimum atomic E-state index is -3.05. The predicted molar refractivity (Wildman–Crippen MR) is 104 cm³/mol. The molecule has 0 bridgehead atoms. The van der Waals surface area contributed by atoms with Crippen LogP contribution in [0, 0.1) is 13.8 Å². The van der Waals surface area contributed by atoms with E-state index in [0.29, 0.717) is 22.9 Å². The molecule has 27 heavy (non-hydrogen) atoms. The third-order valence-electron chi connectivity index (χ3n) is 4.98. The van der Waals surface area contributed by atoms with Crippen LogP contribution >= 0.6 is 11.3 Å². The van der Waals surface area contributed by atoms with Crippen LogP contribution in [0.25, 0.3) is 21.8 Å². The lowest BCUT2D eigenvalue weighted by molar-refractivity contribution is 0.0752. The topological polar surface area (TPSA) is 93.4 Å². The van der Waals surface area contributed by atoms with E-state index in [1.165, 1.54) is 11.3 Å². The van der Waals surface area contributed by atoms with Crippen molar-refractivity contribution in [2.45, 2.75) is 26.3 Å². The number of carbonyl (C=O) groups excluding carboxylic acids is 1. The zero-order chi connectivity index (χ0) is 19.3. The average molecular weight is 406 g/mol. The van der Waals surface area contributed by atoms with Crippen LogP contribution in [0.1, 0.15) is 27.3 Å². The van der Waals surface area contributed by atoms with Crippen molar-refractivity contribution in [2.24, 2.45) is 0 Å². The van der Waals surface area contributed by atoms with Gasteiger partial charge in [0.1, 0.15) is 4.83 Å². The van der Waals surface area contributed by atoms with Gasteiger partial charge in [0.05, 0.1) is 28.3 Å². The molecule has 142 valence electrons. The number of thiophene rings is 1. The first-order chi connectivity index (χ1) is 12.8. The first-order valence-electron chi connectivity index (χ1n) is 8.56. The Labute approximate surface area is 161 Å². The second-order valence-corrected chi connectivity index (χ2v) is 10.0. The highest BCUT2D eigenvalue weighted by molar-refractivity contribution is 7.91. The molecule has 1 atom stereocenters.